The van der Waals surface area contributed by atoms with E-state index in [-0.39, 0.29) is 5.91 Å². The van der Waals surface area contributed by atoms with Crippen molar-refractivity contribution in [2.75, 3.05) is 0 Å². The molecule has 0 radical (unpaired) electrons. The standard InChI is InChI=1S/C15H11BrN4O/c16-12-3-4-13-11(6-12)7-14(19-13)15(21)20-18-9-10-2-1-5-17-8-10/h1-9,19H,(H,20,21)/b18-9+. The second-order valence-electron chi connectivity index (χ2n) is 4.40. The molecule has 3 aromatic rings. The van der Waals surface area contributed by atoms with Crippen LogP contribution in [-0.4, -0.2) is 22.1 Å². The second kappa shape index (κ2) is 5.88. The highest BCUT2D eigenvalue weighted by molar-refractivity contribution is 9.10. The fourth-order valence-electron chi connectivity index (χ4n) is 1.90. The highest BCUT2D eigenvalue weighted by Gasteiger charge is 2.08. The average Bonchev–Trinajstić information content (AvgIpc) is 2.91. The SMILES string of the molecule is O=C(N/N=C/c1cccnc1)c1cc2cc(Br)ccc2[nH]1. The summed E-state index contributed by atoms with van der Waals surface area (Å²) < 4.78 is 0.968. The van der Waals surface area contributed by atoms with Gasteiger partial charge in [-0.25, -0.2) is 5.43 Å². The van der Waals surface area contributed by atoms with Crippen LogP contribution in [0.3, 0.4) is 0 Å². The first-order valence-electron chi connectivity index (χ1n) is 6.24. The summed E-state index contributed by atoms with van der Waals surface area (Å²) in [6, 6.07) is 11.2. The Bertz CT molecular complexity index is 811. The quantitative estimate of drug-likeness (QED) is 0.567. The monoisotopic (exact) mass is 342 g/mol. The van der Waals surface area contributed by atoms with E-state index in [2.05, 4.69) is 36.4 Å². The van der Waals surface area contributed by atoms with Crippen molar-refractivity contribution in [3.8, 4) is 0 Å². The van der Waals surface area contributed by atoms with E-state index in [0.717, 1.165) is 20.9 Å². The number of aromatic amines is 1. The Balaban J connectivity index is 1.73. The van der Waals surface area contributed by atoms with E-state index < -0.39 is 0 Å². The van der Waals surface area contributed by atoms with Crippen LogP contribution in [0.4, 0.5) is 0 Å². The predicted octanol–water partition coefficient (Wildman–Crippen LogP) is 3.09. The number of amides is 1. The molecule has 0 fully saturated rings. The first-order chi connectivity index (χ1) is 10.2. The first-order valence-corrected chi connectivity index (χ1v) is 7.03. The summed E-state index contributed by atoms with van der Waals surface area (Å²) in [6.07, 6.45) is 4.89. The Hall–Kier alpha value is -2.47. The summed E-state index contributed by atoms with van der Waals surface area (Å²) in [5.41, 5.74) is 4.67. The number of halogens is 1. The Kier molecular flexibility index (Phi) is 3.79. The highest BCUT2D eigenvalue weighted by Crippen LogP contribution is 2.20. The lowest BCUT2D eigenvalue weighted by molar-refractivity contribution is 0.0951. The third kappa shape index (κ3) is 3.17. The molecule has 1 aromatic carbocycles. The number of nitrogens with zero attached hydrogens (tertiary/aromatic N) is 2. The number of carbonyl (C=O) groups is 1. The Morgan fingerprint density at radius 2 is 2.24 bits per heavy atom. The smallest absolute Gasteiger partial charge is 0.287 e. The van der Waals surface area contributed by atoms with Gasteiger partial charge in [-0.2, -0.15) is 5.10 Å². The van der Waals surface area contributed by atoms with Crippen molar-refractivity contribution in [1.29, 1.82) is 0 Å². The van der Waals surface area contributed by atoms with Crippen molar-refractivity contribution in [3.63, 3.8) is 0 Å². The van der Waals surface area contributed by atoms with Crippen molar-refractivity contribution < 1.29 is 4.79 Å². The van der Waals surface area contributed by atoms with Crippen LogP contribution >= 0.6 is 15.9 Å². The maximum atomic E-state index is 12.0. The topological polar surface area (TPSA) is 70.1 Å². The van der Waals surface area contributed by atoms with E-state index >= 15 is 0 Å². The molecule has 0 saturated heterocycles. The molecule has 5 nitrogen and oxygen atoms in total. The van der Waals surface area contributed by atoms with Gasteiger partial charge < -0.3 is 4.98 Å². The van der Waals surface area contributed by atoms with Gasteiger partial charge in [-0.05, 0) is 30.3 Å². The molecular weight excluding hydrogens is 332 g/mol. The lowest BCUT2D eigenvalue weighted by Crippen LogP contribution is -2.17. The number of carbonyl (C=O) groups excluding carboxylic acids is 1. The van der Waals surface area contributed by atoms with Crippen molar-refractivity contribution >= 4 is 39.0 Å². The highest BCUT2D eigenvalue weighted by atomic mass is 79.9. The normalized spacial score (nSPS) is 11.1. The molecule has 0 aliphatic rings. The molecule has 21 heavy (non-hydrogen) atoms. The van der Waals surface area contributed by atoms with Gasteiger partial charge in [0.15, 0.2) is 0 Å². The van der Waals surface area contributed by atoms with Crippen LogP contribution < -0.4 is 5.43 Å². The zero-order valence-electron chi connectivity index (χ0n) is 10.9. The summed E-state index contributed by atoms with van der Waals surface area (Å²) in [6.45, 7) is 0. The molecule has 2 aromatic heterocycles. The van der Waals surface area contributed by atoms with Gasteiger partial charge in [-0.3, -0.25) is 9.78 Å². The molecule has 0 saturated carbocycles. The van der Waals surface area contributed by atoms with E-state index in [1.165, 1.54) is 0 Å². The predicted molar refractivity (Wildman–Crippen MR) is 85.3 cm³/mol. The maximum absolute atomic E-state index is 12.0. The zero-order chi connectivity index (χ0) is 14.7. The summed E-state index contributed by atoms with van der Waals surface area (Å²) >= 11 is 3.40. The molecule has 0 unspecified atom stereocenters. The zero-order valence-corrected chi connectivity index (χ0v) is 12.5. The molecule has 0 atom stereocenters. The van der Waals surface area contributed by atoms with Crippen LogP contribution in [0.1, 0.15) is 16.1 Å². The summed E-state index contributed by atoms with van der Waals surface area (Å²) in [5, 5.41) is 4.88. The molecule has 3 rings (SSSR count). The summed E-state index contributed by atoms with van der Waals surface area (Å²) in [7, 11) is 0. The number of nitrogens with one attached hydrogen (secondary N) is 2. The third-order valence-electron chi connectivity index (χ3n) is 2.89. The molecule has 0 aliphatic carbocycles. The van der Waals surface area contributed by atoms with Crippen molar-refractivity contribution in [3.05, 3.63) is 64.5 Å². The molecule has 0 spiro atoms. The minimum absolute atomic E-state index is 0.289. The van der Waals surface area contributed by atoms with Gasteiger partial charge in [0.05, 0.1) is 6.21 Å². The van der Waals surface area contributed by atoms with Gasteiger partial charge in [-0.1, -0.05) is 22.0 Å². The fraction of sp³-hybridized carbons (Fsp3) is 0. The van der Waals surface area contributed by atoms with Gasteiger partial charge in [0.1, 0.15) is 5.69 Å². The Morgan fingerprint density at radius 3 is 3.05 bits per heavy atom. The van der Waals surface area contributed by atoms with Crippen molar-refractivity contribution in [2.45, 2.75) is 0 Å². The van der Waals surface area contributed by atoms with Gasteiger partial charge in [-0.15, -0.1) is 0 Å². The Labute approximate surface area is 129 Å². The molecule has 1 amide bonds. The number of pyridine rings is 1. The first kappa shape index (κ1) is 13.5. The minimum atomic E-state index is -0.289. The maximum Gasteiger partial charge on any atom is 0.287 e. The lowest BCUT2D eigenvalue weighted by atomic mass is 10.2. The van der Waals surface area contributed by atoms with Gasteiger partial charge >= 0.3 is 0 Å². The van der Waals surface area contributed by atoms with Gasteiger partial charge in [0, 0.05) is 33.3 Å². The number of hydrazone groups is 1. The van der Waals surface area contributed by atoms with Crippen LogP contribution in [0.15, 0.2) is 58.4 Å². The van der Waals surface area contributed by atoms with Crippen molar-refractivity contribution in [2.24, 2.45) is 5.10 Å². The number of H-pyrrole nitrogens is 1. The van der Waals surface area contributed by atoms with Crippen LogP contribution in [0.25, 0.3) is 10.9 Å². The van der Waals surface area contributed by atoms with E-state index in [4.69, 9.17) is 0 Å². The molecule has 104 valence electrons. The number of benzene rings is 1. The number of rotatable bonds is 3. The summed E-state index contributed by atoms with van der Waals surface area (Å²) in [4.78, 5) is 19.0. The fourth-order valence-corrected chi connectivity index (χ4v) is 2.28. The van der Waals surface area contributed by atoms with Crippen LogP contribution in [-0.2, 0) is 0 Å². The van der Waals surface area contributed by atoms with Crippen LogP contribution in [0.2, 0.25) is 0 Å². The summed E-state index contributed by atoms with van der Waals surface area (Å²) in [5.74, 6) is -0.289. The molecule has 6 heteroatoms. The average molecular weight is 343 g/mol. The molecule has 0 bridgehead atoms. The van der Waals surface area contributed by atoms with E-state index in [0.29, 0.717) is 5.69 Å². The molecule has 2 heterocycles. The van der Waals surface area contributed by atoms with Crippen molar-refractivity contribution in [1.82, 2.24) is 15.4 Å². The molecule has 0 aliphatic heterocycles. The third-order valence-corrected chi connectivity index (χ3v) is 3.38. The van der Waals surface area contributed by atoms with Crippen LogP contribution in [0.5, 0.6) is 0 Å². The van der Waals surface area contributed by atoms with Crippen LogP contribution in [0, 0.1) is 0 Å². The molecule has 2 N–H and O–H groups in total. The largest absolute Gasteiger partial charge is 0.350 e. The van der Waals surface area contributed by atoms with Gasteiger partial charge in [0.2, 0.25) is 0 Å². The van der Waals surface area contributed by atoms with E-state index in [1.807, 2.05) is 24.3 Å². The lowest BCUT2D eigenvalue weighted by Gasteiger charge is -1.95. The van der Waals surface area contributed by atoms with E-state index in [9.17, 15) is 4.79 Å². The Morgan fingerprint density at radius 1 is 1.33 bits per heavy atom. The van der Waals surface area contributed by atoms with Gasteiger partial charge in [0.25, 0.3) is 5.91 Å². The molecular formula is C15H11BrN4O. The number of aromatic nitrogens is 2. The number of hydrogen-bond acceptors (Lipinski definition) is 3. The number of fused-ring (bicyclic) bond motifs is 1. The second-order valence-corrected chi connectivity index (χ2v) is 5.32. The minimum Gasteiger partial charge on any atom is -0.350 e. The van der Waals surface area contributed by atoms with E-state index in [1.54, 1.807) is 30.7 Å². The number of hydrogen-bond donors (Lipinski definition) is 2.